The SMILES string of the molecule is Cc1ccc(NC(=O)CCCSc2nnc(-c3ccccc3)n2-c2ccccc2)cc1. The number of hydrogen-bond donors (Lipinski definition) is 1. The highest BCUT2D eigenvalue weighted by molar-refractivity contribution is 7.99. The third-order valence-electron chi connectivity index (χ3n) is 4.79. The number of anilines is 1. The first kappa shape index (κ1) is 20.9. The molecule has 6 heteroatoms. The van der Waals surface area contributed by atoms with E-state index in [4.69, 9.17) is 0 Å². The maximum atomic E-state index is 12.2. The largest absolute Gasteiger partial charge is 0.326 e. The van der Waals surface area contributed by atoms with Gasteiger partial charge in [0, 0.05) is 29.1 Å². The molecule has 0 aliphatic rings. The summed E-state index contributed by atoms with van der Waals surface area (Å²) in [4.78, 5) is 12.2. The van der Waals surface area contributed by atoms with Crippen molar-refractivity contribution in [3.8, 4) is 17.1 Å². The molecule has 4 rings (SSSR count). The van der Waals surface area contributed by atoms with Gasteiger partial charge in [0.1, 0.15) is 0 Å². The number of carbonyl (C=O) groups excluding carboxylic acids is 1. The number of thioether (sulfide) groups is 1. The zero-order valence-corrected chi connectivity index (χ0v) is 18.2. The lowest BCUT2D eigenvalue weighted by atomic mass is 10.2. The van der Waals surface area contributed by atoms with Crippen molar-refractivity contribution in [2.75, 3.05) is 11.1 Å². The number of amides is 1. The molecule has 0 saturated carbocycles. The Hall–Kier alpha value is -3.38. The molecular formula is C25H24N4OS. The van der Waals surface area contributed by atoms with Crippen LogP contribution in [0, 0.1) is 6.92 Å². The molecule has 0 atom stereocenters. The number of para-hydroxylation sites is 1. The summed E-state index contributed by atoms with van der Waals surface area (Å²) in [5.74, 6) is 1.62. The molecule has 0 aliphatic heterocycles. The number of rotatable bonds is 8. The van der Waals surface area contributed by atoms with Crippen LogP contribution in [-0.4, -0.2) is 26.4 Å². The molecule has 1 aromatic heterocycles. The fraction of sp³-hybridized carbons (Fsp3) is 0.160. The summed E-state index contributed by atoms with van der Waals surface area (Å²) in [6.07, 6.45) is 1.22. The average Bonchev–Trinajstić information content (AvgIpc) is 3.23. The summed E-state index contributed by atoms with van der Waals surface area (Å²) in [7, 11) is 0. The Balaban J connectivity index is 1.41. The molecular weight excluding hydrogens is 404 g/mol. The van der Waals surface area contributed by atoms with Crippen molar-refractivity contribution in [1.29, 1.82) is 0 Å². The summed E-state index contributed by atoms with van der Waals surface area (Å²) < 4.78 is 2.08. The molecule has 5 nitrogen and oxygen atoms in total. The number of nitrogens with zero attached hydrogens (tertiary/aromatic N) is 3. The van der Waals surface area contributed by atoms with Crippen LogP contribution in [0.2, 0.25) is 0 Å². The molecule has 0 radical (unpaired) electrons. The Morgan fingerprint density at radius 3 is 2.29 bits per heavy atom. The summed E-state index contributed by atoms with van der Waals surface area (Å²) in [5.41, 5.74) is 4.04. The van der Waals surface area contributed by atoms with Crippen molar-refractivity contribution in [3.63, 3.8) is 0 Å². The Kier molecular flexibility index (Phi) is 6.79. The van der Waals surface area contributed by atoms with Crippen LogP contribution >= 0.6 is 11.8 Å². The van der Waals surface area contributed by atoms with E-state index >= 15 is 0 Å². The molecule has 0 aliphatic carbocycles. The lowest BCUT2D eigenvalue weighted by Crippen LogP contribution is -2.11. The van der Waals surface area contributed by atoms with Crippen molar-refractivity contribution < 1.29 is 4.79 Å². The van der Waals surface area contributed by atoms with Crippen LogP contribution in [0.15, 0.2) is 90.1 Å². The molecule has 1 N–H and O–H groups in total. The van der Waals surface area contributed by atoms with Gasteiger partial charge in [-0.25, -0.2) is 0 Å². The fourth-order valence-corrected chi connectivity index (χ4v) is 4.09. The molecule has 0 spiro atoms. The molecule has 3 aromatic carbocycles. The molecule has 31 heavy (non-hydrogen) atoms. The van der Waals surface area contributed by atoms with Crippen molar-refractivity contribution in [2.45, 2.75) is 24.9 Å². The summed E-state index contributed by atoms with van der Waals surface area (Å²) >= 11 is 1.62. The van der Waals surface area contributed by atoms with Crippen molar-refractivity contribution in [3.05, 3.63) is 90.5 Å². The number of benzene rings is 3. The van der Waals surface area contributed by atoms with Crippen LogP contribution < -0.4 is 5.32 Å². The van der Waals surface area contributed by atoms with Gasteiger partial charge < -0.3 is 5.32 Å². The quantitative estimate of drug-likeness (QED) is 0.287. The van der Waals surface area contributed by atoms with E-state index in [9.17, 15) is 4.79 Å². The van der Waals surface area contributed by atoms with Crippen molar-refractivity contribution >= 4 is 23.4 Å². The minimum absolute atomic E-state index is 0.0268. The first-order chi connectivity index (χ1) is 15.2. The predicted octanol–water partition coefficient (Wildman–Crippen LogP) is 5.75. The summed E-state index contributed by atoms with van der Waals surface area (Å²) in [6, 6.07) is 28.0. The second-order valence-corrected chi connectivity index (χ2v) is 8.27. The highest BCUT2D eigenvalue weighted by Gasteiger charge is 2.16. The van der Waals surface area contributed by atoms with Crippen LogP contribution in [0.4, 0.5) is 5.69 Å². The molecule has 1 heterocycles. The van der Waals surface area contributed by atoms with Crippen molar-refractivity contribution in [1.82, 2.24) is 14.8 Å². The highest BCUT2D eigenvalue weighted by atomic mass is 32.2. The van der Waals surface area contributed by atoms with Gasteiger partial charge in [-0.15, -0.1) is 10.2 Å². The van der Waals surface area contributed by atoms with E-state index < -0.39 is 0 Å². The highest BCUT2D eigenvalue weighted by Crippen LogP contribution is 2.28. The fourth-order valence-electron chi connectivity index (χ4n) is 3.20. The second kappa shape index (κ2) is 10.1. The van der Waals surface area contributed by atoms with Crippen LogP contribution in [0.1, 0.15) is 18.4 Å². The second-order valence-electron chi connectivity index (χ2n) is 7.21. The first-order valence-electron chi connectivity index (χ1n) is 10.3. The minimum Gasteiger partial charge on any atom is -0.326 e. The molecule has 0 bridgehead atoms. The van der Waals surface area contributed by atoms with Gasteiger partial charge in [0.25, 0.3) is 0 Å². The molecule has 4 aromatic rings. The van der Waals surface area contributed by atoms with Gasteiger partial charge >= 0.3 is 0 Å². The molecule has 156 valence electrons. The number of aromatic nitrogens is 3. The monoisotopic (exact) mass is 428 g/mol. The van der Waals surface area contributed by atoms with Crippen LogP contribution in [0.5, 0.6) is 0 Å². The summed E-state index contributed by atoms with van der Waals surface area (Å²) in [5, 5.41) is 12.7. The molecule has 0 saturated heterocycles. The molecule has 0 unspecified atom stereocenters. The van der Waals surface area contributed by atoms with Gasteiger partial charge in [0.05, 0.1) is 0 Å². The molecule has 1 amide bonds. The smallest absolute Gasteiger partial charge is 0.224 e. The first-order valence-corrected chi connectivity index (χ1v) is 11.2. The maximum absolute atomic E-state index is 12.2. The van der Waals surface area contributed by atoms with Crippen LogP contribution in [0.3, 0.4) is 0 Å². The lowest BCUT2D eigenvalue weighted by molar-refractivity contribution is -0.116. The van der Waals surface area contributed by atoms with E-state index in [2.05, 4.69) is 32.2 Å². The number of carbonyl (C=O) groups is 1. The van der Waals surface area contributed by atoms with E-state index in [1.54, 1.807) is 11.8 Å². The van der Waals surface area contributed by atoms with E-state index in [0.717, 1.165) is 40.1 Å². The van der Waals surface area contributed by atoms with Gasteiger partial charge in [-0.3, -0.25) is 9.36 Å². The zero-order valence-electron chi connectivity index (χ0n) is 17.4. The van der Waals surface area contributed by atoms with Gasteiger partial charge in [0.15, 0.2) is 11.0 Å². The normalized spacial score (nSPS) is 10.7. The van der Waals surface area contributed by atoms with Crippen LogP contribution in [-0.2, 0) is 4.79 Å². The standard InChI is InChI=1S/C25H24N4OS/c1-19-14-16-21(17-15-19)26-23(30)13-8-18-31-25-28-27-24(20-9-4-2-5-10-20)29(25)22-11-6-3-7-12-22/h2-7,9-12,14-17H,8,13,18H2,1H3,(H,26,30). The van der Waals surface area contributed by atoms with E-state index in [-0.39, 0.29) is 5.91 Å². The number of aryl methyl sites for hydroxylation is 1. The van der Waals surface area contributed by atoms with Gasteiger partial charge in [-0.1, -0.05) is 78.0 Å². The molecule has 0 fully saturated rings. The van der Waals surface area contributed by atoms with Crippen LogP contribution in [0.25, 0.3) is 17.1 Å². The topological polar surface area (TPSA) is 59.8 Å². The third kappa shape index (κ3) is 5.41. The number of nitrogens with one attached hydrogen (secondary N) is 1. The van der Waals surface area contributed by atoms with E-state index in [1.165, 1.54) is 5.56 Å². The van der Waals surface area contributed by atoms with Crippen molar-refractivity contribution in [2.24, 2.45) is 0 Å². The van der Waals surface area contributed by atoms with Gasteiger partial charge in [0.2, 0.25) is 5.91 Å². The van der Waals surface area contributed by atoms with E-state index in [0.29, 0.717) is 6.42 Å². The van der Waals surface area contributed by atoms with E-state index in [1.807, 2.05) is 79.7 Å². The Morgan fingerprint density at radius 2 is 1.58 bits per heavy atom. The van der Waals surface area contributed by atoms with Gasteiger partial charge in [-0.2, -0.15) is 0 Å². The minimum atomic E-state index is 0.0268. The predicted molar refractivity (Wildman–Crippen MR) is 127 cm³/mol. The lowest BCUT2D eigenvalue weighted by Gasteiger charge is -2.10. The number of hydrogen-bond acceptors (Lipinski definition) is 4. The average molecular weight is 429 g/mol. The third-order valence-corrected chi connectivity index (χ3v) is 5.81. The Labute approximate surface area is 186 Å². The Morgan fingerprint density at radius 1 is 0.903 bits per heavy atom. The Bertz CT molecular complexity index is 1130. The van der Waals surface area contributed by atoms with Gasteiger partial charge in [-0.05, 0) is 37.6 Å². The zero-order chi connectivity index (χ0) is 21.5. The summed E-state index contributed by atoms with van der Waals surface area (Å²) in [6.45, 7) is 2.03. The maximum Gasteiger partial charge on any atom is 0.224 e.